The van der Waals surface area contributed by atoms with E-state index in [2.05, 4.69) is 29.7 Å². The van der Waals surface area contributed by atoms with Crippen molar-refractivity contribution < 1.29 is 4.79 Å². The highest BCUT2D eigenvalue weighted by molar-refractivity contribution is 6.02. The average Bonchev–Trinajstić information content (AvgIpc) is 2.88. The summed E-state index contributed by atoms with van der Waals surface area (Å²) in [6.45, 7) is 0. The third-order valence-corrected chi connectivity index (χ3v) is 5.44. The number of hydrazone groups is 1. The lowest BCUT2D eigenvalue weighted by Gasteiger charge is -2.19. The van der Waals surface area contributed by atoms with Gasteiger partial charge in [-0.1, -0.05) is 109 Å². The molecule has 32 heavy (non-hydrogen) atoms. The van der Waals surface area contributed by atoms with Crippen LogP contribution >= 0.6 is 0 Å². The molecule has 0 heterocycles. The van der Waals surface area contributed by atoms with Gasteiger partial charge in [-0.2, -0.15) is 5.10 Å². The lowest BCUT2D eigenvalue weighted by molar-refractivity contribution is 0.0974. The maximum Gasteiger partial charge on any atom is 0.163 e. The first-order chi connectivity index (χ1) is 15.8. The molecule has 0 unspecified atom stereocenters. The molecule has 0 aliphatic carbocycles. The number of hydrogen-bond donors (Lipinski definition) is 1. The van der Waals surface area contributed by atoms with Crippen LogP contribution in [-0.2, 0) is 0 Å². The van der Waals surface area contributed by atoms with E-state index < -0.39 is 0 Å². The summed E-state index contributed by atoms with van der Waals surface area (Å²) >= 11 is 0. The van der Waals surface area contributed by atoms with Gasteiger partial charge in [0.05, 0.1) is 11.4 Å². The minimum Gasteiger partial charge on any atom is -0.294 e. The number of rotatable bonds is 9. The standard InChI is InChI=1S/C29H26N2O/c32-29(25-17-9-3-10-18-25)22-26(23-13-5-1-6-14-23)21-28(24-15-7-2-8-16-24)31-30-27-19-11-4-12-20-27/h1-20,26,30H,21-22H2/b31-28+/t26-/m1/s1. The summed E-state index contributed by atoms with van der Waals surface area (Å²) < 4.78 is 0. The molecule has 0 saturated heterocycles. The molecule has 4 rings (SSSR count). The Labute approximate surface area is 189 Å². The second-order valence-corrected chi connectivity index (χ2v) is 7.71. The fraction of sp³-hybridized carbons (Fsp3) is 0.103. The van der Waals surface area contributed by atoms with E-state index in [1.807, 2.05) is 97.1 Å². The van der Waals surface area contributed by atoms with Crippen molar-refractivity contribution in [3.8, 4) is 0 Å². The van der Waals surface area contributed by atoms with E-state index in [-0.39, 0.29) is 11.7 Å². The number of Topliss-reactive ketones (excluding diaryl/α,β-unsaturated/α-hetero) is 1. The Morgan fingerprint density at radius 1 is 0.625 bits per heavy atom. The number of nitrogens with zero attached hydrogens (tertiary/aromatic N) is 1. The smallest absolute Gasteiger partial charge is 0.163 e. The van der Waals surface area contributed by atoms with Gasteiger partial charge in [0, 0.05) is 12.0 Å². The van der Waals surface area contributed by atoms with Crippen molar-refractivity contribution in [3.63, 3.8) is 0 Å². The van der Waals surface area contributed by atoms with Gasteiger partial charge in [0.25, 0.3) is 0 Å². The van der Waals surface area contributed by atoms with Crippen LogP contribution in [0.4, 0.5) is 5.69 Å². The monoisotopic (exact) mass is 418 g/mol. The lowest BCUT2D eigenvalue weighted by atomic mass is 9.86. The molecule has 1 N–H and O–H groups in total. The minimum atomic E-state index is 0.0143. The predicted octanol–water partition coefficient (Wildman–Crippen LogP) is 6.95. The van der Waals surface area contributed by atoms with Crippen LogP contribution in [0.15, 0.2) is 126 Å². The molecule has 0 amide bonds. The summed E-state index contributed by atoms with van der Waals surface area (Å²) in [6, 6.07) is 39.8. The number of nitrogens with one attached hydrogen (secondary N) is 1. The molecule has 0 radical (unpaired) electrons. The van der Waals surface area contributed by atoms with Crippen molar-refractivity contribution in [2.24, 2.45) is 5.10 Å². The molecular weight excluding hydrogens is 392 g/mol. The highest BCUT2D eigenvalue weighted by Crippen LogP contribution is 2.28. The summed E-state index contributed by atoms with van der Waals surface area (Å²) in [4.78, 5) is 13.1. The Kier molecular flexibility index (Phi) is 7.22. The predicted molar refractivity (Wildman–Crippen MR) is 132 cm³/mol. The van der Waals surface area contributed by atoms with E-state index in [0.29, 0.717) is 12.8 Å². The van der Waals surface area contributed by atoms with Gasteiger partial charge in [0.1, 0.15) is 0 Å². The van der Waals surface area contributed by atoms with Crippen molar-refractivity contribution in [1.82, 2.24) is 0 Å². The van der Waals surface area contributed by atoms with Crippen LogP contribution in [0, 0.1) is 0 Å². The summed E-state index contributed by atoms with van der Waals surface area (Å²) in [5.74, 6) is 0.156. The van der Waals surface area contributed by atoms with Gasteiger partial charge in [0.2, 0.25) is 0 Å². The topological polar surface area (TPSA) is 41.5 Å². The van der Waals surface area contributed by atoms with Gasteiger partial charge in [-0.15, -0.1) is 0 Å². The Morgan fingerprint density at radius 2 is 1.12 bits per heavy atom. The average molecular weight is 419 g/mol. The molecule has 0 fully saturated rings. The molecule has 4 aromatic carbocycles. The van der Waals surface area contributed by atoms with Crippen molar-refractivity contribution in [3.05, 3.63) is 138 Å². The number of carbonyl (C=O) groups excluding carboxylic acids is 1. The first-order valence-electron chi connectivity index (χ1n) is 10.9. The lowest BCUT2D eigenvalue weighted by Crippen LogP contribution is -2.14. The van der Waals surface area contributed by atoms with Crippen molar-refractivity contribution in [2.45, 2.75) is 18.8 Å². The zero-order chi connectivity index (χ0) is 22.0. The molecule has 0 saturated carbocycles. The maximum absolute atomic E-state index is 13.1. The first-order valence-corrected chi connectivity index (χ1v) is 10.9. The van der Waals surface area contributed by atoms with Crippen LogP contribution in [0.5, 0.6) is 0 Å². The summed E-state index contributed by atoms with van der Waals surface area (Å²) in [6.07, 6.45) is 1.07. The van der Waals surface area contributed by atoms with Crippen LogP contribution in [0.25, 0.3) is 0 Å². The molecule has 0 aromatic heterocycles. The van der Waals surface area contributed by atoms with Crippen molar-refractivity contribution in [1.29, 1.82) is 0 Å². The fourth-order valence-corrected chi connectivity index (χ4v) is 3.74. The molecule has 0 aliphatic rings. The van der Waals surface area contributed by atoms with E-state index in [9.17, 15) is 4.79 Å². The Balaban J connectivity index is 1.64. The van der Waals surface area contributed by atoms with Crippen LogP contribution < -0.4 is 5.43 Å². The third-order valence-electron chi connectivity index (χ3n) is 5.44. The molecule has 4 aromatic rings. The number of hydrogen-bond acceptors (Lipinski definition) is 3. The molecule has 0 bridgehead atoms. The van der Waals surface area contributed by atoms with Gasteiger partial charge in [-0.05, 0) is 35.6 Å². The molecule has 0 spiro atoms. The number of para-hydroxylation sites is 1. The van der Waals surface area contributed by atoms with Crippen LogP contribution in [-0.4, -0.2) is 11.5 Å². The van der Waals surface area contributed by atoms with E-state index in [0.717, 1.165) is 28.1 Å². The Morgan fingerprint density at radius 3 is 1.72 bits per heavy atom. The Hall–Kier alpha value is -3.98. The summed E-state index contributed by atoms with van der Waals surface area (Å²) in [7, 11) is 0. The zero-order valence-electron chi connectivity index (χ0n) is 17.9. The zero-order valence-corrected chi connectivity index (χ0v) is 17.9. The molecule has 1 atom stereocenters. The van der Waals surface area contributed by atoms with E-state index in [4.69, 9.17) is 5.10 Å². The summed E-state index contributed by atoms with van der Waals surface area (Å²) in [5.41, 5.74) is 7.97. The van der Waals surface area contributed by atoms with Crippen LogP contribution in [0.2, 0.25) is 0 Å². The molecule has 3 heteroatoms. The van der Waals surface area contributed by atoms with Gasteiger partial charge >= 0.3 is 0 Å². The van der Waals surface area contributed by atoms with Gasteiger partial charge in [0.15, 0.2) is 5.78 Å². The quantitative estimate of drug-likeness (QED) is 0.181. The number of benzene rings is 4. The van der Waals surface area contributed by atoms with E-state index >= 15 is 0 Å². The van der Waals surface area contributed by atoms with E-state index in [1.165, 1.54) is 0 Å². The van der Waals surface area contributed by atoms with Crippen LogP contribution in [0.1, 0.15) is 40.2 Å². The maximum atomic E-state index is 13.1. The molecule has 3 nitrogen and oxygen atoms in total. The third kappa shape index (κ3) is 5.79. The normalized spacial score (nSPS) is 12.2. The van der Waals surface area contributed by atoms with E-state index in [1.54, 1.807) is 0 Å². The first kappa shape index (κ1) is 21.3. The number of anilines is 1. The van der Waals surface area contributed by atoms with Crippen molar-refractivity contribution in [2.75, 3.05) is 5.43 Å². The largest absolute Gasteiger partial charge is 0.294 e. The highest BCUT2D eigenvalue weighted by Gasteiger charge is 2.20. The van der Waals surface area contributed by atoms with Gasteiger partial charge < -0.3 is 0 Å². The SMILES string of the molecule is O=C(C[C@@H](C/C(=N\Nc1ccccc1)c1ccccc1)c1ccccc1)c1ccccc1. The minimum absolute atomic E-state index is 0.0143. The van der Waals surface area contributed by atoms with Crippen molar-refractivity contribution >= 4 is 17.2 Å². The molecule has 0 aliphatic heterocycles. The van der Waals surface area contributed by atoms with Gasteiger partial charge in [-0.3, -0.25) is 10.2 Å². The second kappa shape index (κ2) is 10.9. The second-order valence-electron chi connectivity index (χ2n) is 7.71. The molecule has 158 valence electrons. The number of ketones is 1. The van der Waals surface area contributed by atoms with Gasteiger partial charge in [-0.25, -0.2) is 0 Å². The molecular formula is C29H26N2O. The fourth-order valence-electron chi connectivity index (χ4n) is 3.74. The van der Waals surface area contributed by atoms with Crippen LogP contribution in [0.3, 0.4) is 0 Å². The number of carbonyl (C=O) groups is 1. The highest BCUT2D eigenvalue weighted by atomic mass is 16.1. The Bertz CT molecular complexity index is 1140. The summed E-state index contributed by atoms with van der Waals surface area (Å²) in [5, 5.41) is 4.76.